The van der Waals surface area contributed by atoms with Crippen molar-refractivity contribution in [3.63, 3.8) is 0 Å². The molecule has 15 heteroatoms. The average molecular weight is 408 g/mol. The number of aromatic amines is 6. The Kier molecular flexibility index (Phi) is 20.1. The van der Waals surface area contributed by atoms with Gasteiger partial charge in [0.05, 0.1) is 0 Å². The molecule has 0 atom stereocenters. The van der Waals surface area contributed by atoms with E-state index in [0.717, 1.165) is 0 Å². The molecule has 2 aromatic rings. The van der Waals surface area contributed by atoms with Gasteiger partial charge in [0.25, 0.3) is 0 Å². The molecule has 0 saturated carbocycles. The number of H-pyrrole nitrogens is 6. The summed E-state index contributed by atoms with van der Waals surface area (Å²) in [6.45, 7) is 0. The van der Waals surface area contributed by atoms with Crippen molar-refractivity contribution in [3.8, 4) is 0 Å². The summed E-state index contributed by atoms with van der Waals surface area (Å²) >= 11 is 8.91. The molecule has 0 amide bonds. The summed E-state index contributed by atoms with van der Waals surface area (Å²) in [5.74, 6) is 0. The topological polar surface area (TPSA) is 163 Å². The van der Waals surface area contributed by atoms with Gasteiger partial charge >= 0.3 is 22.8 Å². The van der Waals surface area contributed by atoms with Gasteiger partial charge in [-0.1, -0.05) is 0 Å². The van der Waals surface area contributed by atoms with Crippen LogP contribution in [0.2, 0.25) is 0 Å². The molecule has 10 nitrogen and oxygen atoms in total. The molecular weight excluding hydrogens is 402 g/mol. The Balaban J connectivity index is -0.000000270. The summed E-state index contributed by atoms with van der Waals surface area (Å²) in [7, 11) is 0. The molecular formula is C6H6K3N6O4S2. The number of nitrogens with one attached hydrogen (secondary N) is 6. The molecule has 0 unspecified atom stereocenters. The van der Waals surface area contributed by atoms with E-state index >= 15 is 0 Å². The molecule has 0 aromatic carbocycles. The van der Waals surface area contributed by atoms with Crippen molar-refractivity contribution >= 4 is 179 Å². The van der Waals surface area contributed by atoms with Crippen molar-refractivity contribution in [3.05, 3.63) is 51.5 Å². The second kappa shape index (κ2) is 14.9. The summed E-state index contributed by atoms with van der Waals surface area (Å²) in [6, 6.07) is 0. The molecule has 0 aliphatic heterocycles. The quantitative estimate of drug-likeness (QED) is 0.203. The van der Waals surface area contributed by atoms with Crippen LogP contribution in [0, 0.1) is 9.54 Å². The zero-order valence-electron chi connectivity index (χ0n) is 11.4. The second-order valence-electron chi connectivity index (χ2n) is 2.72. The van der Waals surface area contributed by atoms with Crippen LogP contribution in [0.1, 0.15) is 0 Å². The fourth-order valence-corrected chi connectivity index (χ4v) is 1.18. The molecule has 0 bridgehead atoms. The third-order valence-corrected chi connectivity index (χ3v) is 1.77. The fraction of sp³-hybridized carbons (Fsp3) is 0. The Morgan fingerprint density at radius 1 is 0.476 bits per heavy atom. The predicted octanol–water partition coefficient (Wildman–Crippen LogP) is -2.90. The Bertz CT molecular complexity index is 645. The molecule has 0 aliphatic rings. The molecule has 99 valence electrons. The van der Waals surface area contributed by atoms with Gasteiger partial charge in [-0.25, -0.2) is 19.2 Å². The minimum atomic E-state index is -0.594. The Labute approximate surface area is 253 Å². The van der Waals surface area contributed by atoms with Gasteiger partial charge in [-0.3, -0.25) is 29.9 Å². The minimum absolute atomic E-state index is 0. The molecule has 6 N–H and O–H groups in total. The zero-order chi connectivity index (χ0) is 13.7. The summed E-state index contributed by atoms with van der Waals surface area (Å²) < 4.78 is 0.0625. The summed E-state index contributed by atoms with van der Waals surface area (Å²) in [5.41, 5.74) is -2.38. The first-order valence-electron chi connectivity index (χ1n) is 4.22. The van der Waals surface area contributed by atoms with Crippen molar-refractivity contribution in [2.24, 2.45) is 0 Å². The summed E-state index contributed by atoms with van der Waals surface area (Å²) in [6.07, 6.45) is 0. The van der Waals surface area contributed by atoms with E-state index in [-0.39, 0.29) is 164 Å². The smallest absolute Gasteiger partial charge is 0.284 e. The maximum absolute atomic E-state index is 10.3. The van der Waals surface area contributed by atoms with Gasteiger partial charge in [0.1, 0.15) is 0 Å². The Morgan fingerprint density at radius 2 is 0.667 bits per heavy atom. The van der Waals surface area contributed by atoms with E-state index in [0.29, 0.717) is 0 Å². The first kappa shape index (κ1) is 28.4. The van der Waals surface area contributed by atoms with Gasteiger partial charge in [-0.15, -0.1) is 0 Å². The predicted molar refractivity (Wildman–Crippen MR) is 83.0 cm³/mol. The molecule has 21 heavy (non-hydrogen) atoms. The van der Waals surface area contributed by atoms with Crippen LogP contribution in [0.3, 0.4) is 0 Å². The van der Waals surface area contributed by atoms with Gasteiger partial charge in [0.2, 0.25) is 0 Å². The summed E-state index contributed by atoms with van der Waals surface area (Å²) in [4.78, 5) is 53.7. The van der Waals surface area contributed by atoms with Crippen LogP contribution in [0.5, 0.6) is 0 Å². The number of aromatic nitrogens is 6. The first-order chi connectivity index (χ1) is 8.36. The van der Waals surface area contributed by atoms with Crippen LogP contribution >= 0.6 is 24.4 Å². The molecule has 3 radical (unpaired) electrons. The SMILES string of the molecule is O=c1[nH]c(=O)[nH]c(=S)[nH]1.O=c1[nH]c(=O)[nH]c(=S)[nH]1.[K].[K].[K]. The van der Waals surface area contributed by atoms with Gasteiger partial charge < -0.3 is 0 Å². The third kappa shape index (κ3) is 13.5. The molecule has 0 aliphatic carbocycles. The molecule has 0 saturated heterocycles. The summed E-state index contributed by atoms with van der Waals surface area (Å²) in [5, 5.41) is 0. The van der Waals surface area contributed by atoms with Crippen LogP contribution in [0.25, 0.3) is 0 Å². The van der Waals surface area contributed by atoms with E-state index in [4.69, 9.17) is 0 Å². The van der Waals surface area contributed by atoms with E-state index in [1.54, 1.807) is 0 Å². The van der Waals surface area contributed by atoms with Gasteiger partial charge in [-0.05, 0) is 24.4 Å². The number of rotatable bonds is 0. The van der Waals surface area contributed by atoms with E-state index in [9.17, 15) is 19.2 Å². The van der Waals surface area contributed by atoms with Crippen LogP contribution in [-0.2, 0) is 0 Å². The maximum atomic E-state index is 10.3. The molecule has 0 spiro atoms. The van der Waals surface area contributed by atoms with Gasteiger partial charge in [0.15, 0.2) is 9.54 Å². The fourth-order valence-electron chi connectivity index (χ4n) is 0.806. The number of hydrogen-bond donors (Lipinski definition) is 6. The van der Waals surface area contributed by atoms with Crippen LogP contribution in [-0.4, -0.2) is 184 Å². The van der Waals surface area contributed by atoms with E-state index in [2.05, 4.69) is 44.4 Å². The standard InChI is InChI=1S/2C3H3N3O2S.3K/c2*7-1-4-2(8)6-3(9)5-1;;;/h2*(H3,4,5,6,7,8,9);;;. The molecule has 2 heterocycles. The van der Waals surface area contributed by atoms with E-state index < -0.39 is 22.8 Å². The van der Waals surface area contributed by atoms with Crippen molar-refractivity contribution in [1.82, 2.24) is 29.9 Å². The monoisotopic (exact) mass is 407 g/mol. The van der Waals surface area contributed by atoms with Crippen LogP contribution < -0.4 is 22.8 Å². The van der Waals surface area contributed by atoms with Gasteiger partial charge in [-0.2, -0.15) is 0 Å². The Morgan fingerprint density at radius 3 is 0.810 bits per heavy atom. The normalized spacial score (nSPS) is 8.00. The van der Waals surface area contributed by atoms with Crippen molar-refractivity contribution in [1.29, 1.82) is 0 Å². The second-order valence-corrected chi connectivity index (χ2v) is 3.54. The van der Waals surface area contributed by atoms with Crippen LogP contribution in [0.15, 0.2) is 19.2 Å². The Hall–Kier alpha value is 2.57. The van der Waals surface area contributed by atoms with Crippen LogP contribution in [0.4, 0.5) is 0 Å². The van der Waals surface area contributed by atoms with E-state index in [1.165, 1.54) is 0 Å². The van der Waals surface area contributed by atoms with Gasteiger partial charge in [0, 0.05) is 154 Å². The average Bonchev–Trinajstić information content (AvgIpc) is 2.12. The molecule has 2 aromatic heterocycles. The first-order valence-corrected chi connectivity index (χ1v) is 5.04. The minimum Gasteiger partial charge on any atom is -0.284 e. The van der Waals surface area contributed by atoms with Crippen molar-refractivity contribution in [2.45, 2.75) is 0 Å². The van der Waals surface area contributed by atoms with Crippen molar-refractivity contribution < 1.29 is 0 Å². The van der Waals surface area contributed by atoms with E-state index in [1.807, 2.05) is 9.97 Å². The zero-order valence-corrected chi connectivity index (χ0v) is 22.5. The third-order valence-electron chi connectivity index (χ3n) is 1.36. The number of hydrogen-bond acceptors (Lipinski definition) is 6. The molecule has 2 rings (SSSR count). The molecule has 0 fully saturated rings. The largest absolute Gasteiger partial charge is 0.329 e. The maximum Gasteiger partial charge on any atom is 0.329 e. The van der Waals surface area contributed by atoms with Crippen molar-refractivity contribution in [2.75, 3.05) is 0 Å².